The average Bonchev–Trinajstić information content (AvgIpc) is 2.25. The van der Waals surface area contributed by atoms with Crippen molar-refractivity contribution in [3.63, 3.8) is 0 Å². The zero-order valence-corrected chi connectivity index (χ0v) is 8.82. The fraction of sp³-hybridized carbons (Fsp3) is 0.400. The van der Waals surface area contributed by atoms with Crippen LogP contribution in [-0.4, -0.2) is 18.6 Å². The Morgan fingerprint density at radius 3 is 2.80 bits per heavy atom. The second-order valence-corrected chi connectivity index (χ2v) is 3.00. The second kappa shape index (κ2) is 5.31. The van der Waals surface area contributed by atoms with Gasteiger partial charge in [-0.2, -0.15) is 0 Å². The van der Waals surface area contributed by atoms with E-state index >= 15 is 0 Å². The molecule has 1 N–H and O–H groups in total. The molecule has 0 aromatic heterocycles. The van der Waals surface area contributed by atoms with Gasteiger partial charge >= 0.3 is 0 Å². The van der Waals surface area contributed by atoms with Crippen molar-refractivity contribution in [2.24, 2.45) is 0 Å². The Labute approximate surface area is 88.2 Å². The number of nitrogens with one attached hydrogen (secondary N) is 1. The standard InChI is InChI=1S/C10H14N2O3/c1-3-15-7-8-4-5-9(11-2)10(6-8)12(13)14/h4-6,11H,3,7H2,1-2H3. The molecular formula is C10H14N2O3. The van der Waals surface area contributed by atoms with Crippen molar-refractivity contribution in [3.8, 4) is 0 Å². The lowest BCUT2D eigenvalue weighted by atomic mass is 10.2. The van der Waals surface area contributed by atoms with Crippen LogP contribution in [-0.2, 0) is 11.3 Å². The van der Waals surface area contributed by atoms with Crippen LogP contribution >= 0.6 is 0 Å². The number of nitro groups is 1. The topological polar surface area (TPSA) is 64.4 Å². The molecule has 0 bridgehead atoms. The molecule has 0 aliphatic rings. The van der Waals surface area contributed by atoms with Gasteiger partial charge in [0.15, 0.2) is 0 Å². The minimum absolute atomic E-state index is 0.0784. The summed E-state index contributed by atoms with van der Waals surface area (Å²) in [6.07, 6.45) is 0. The van der Waals surface area contributed by atoms with E-state index in [0.29, 0.717) is 18.9 Å². The minimum atomic E-state index is -0.402. The molecule has 0 radical (unpaired) electrons. The van der Waals surface area contributed by atoms with Crippen LogP contribution in [0.5, 0.6) is 0 Å². The number of ether oxygens (including phenoxy) is 1. The number of hydrogen-bond acceptors (Lipinski definition) is 4. The third-order valence-corrected chi connectivity index (χ3v) is 2.00. The monoisotopic (exact) mass is 210 g/mol. The van der Waals surface area contributed by atoms with E-state index in [1.165, 1.54) is 6.07 Å². The fourth-order valence-electron chi connectivity index (χ4n) is 1.25. The third-order valence-electron chi connectivity index (χ3n) is 2.00. The van der Waals surface area contributed by atoms with Gasteiger partial charge in [-0.25, -0.2) is 0 Å². The van der Waals surface area contributed by atoms with Crippen LogP contribution in [0, 0.1) is 10.1 Å². The molecule has 0 unspecified atom stereocenters. The van der Waals surface area contributed by atoms with Gasteiger partial charge in [0.2, 0.25) is 0 Å². The Kier molecular flexibility index (Phi) is 4.05. The first kappa shape index (κ1) is 11.5. The zero-order chi connectivity index (χ0) is 11.3. The minimum Gasteiger partial charge on any atom is -0.383 e. The molecule has 0 fully saturated rings. The first-order chi connectivity index (χ1) is 7.19. The summed E-state index contributed by atoms with van der Waals surface area (Å²) in [5.74, 6) is 0. The molecule has 0 heterocycles. The highest BCUT2D eigenvalue weighted by Gasteiger charge is 2.12. The Bertz CT molecular complexity index is 353. The summed E-state index contributed by atoms with van der Waals surface area (Å²) in [5.41, 5.74) is 1.40. The Hall–Kier alpha value is -1.62. The number of nitro benzene ring substituents is 1. The van der Waals surface area contributed by atoms with Gasteiger partial charge in [-0.05, 0) is 18.6 Å². The Morgan fingerprint density at radius 1 is 1.53 bits per heavy atom. The van der Waals surface area contributed by atoms with E-state index < -0.39 is 4.92 Å². The molecule has 0 aliphatic carbocycles. The SMILES string of the molecule is CCOCc1ccc(NC)c([N+](=O)[O-])c1. The van der Waals surface area contributed by atoms with Crippen molar-refractivity contribution in [1.29, 1.82) is 0 Å². The van der Waals surface area contributed by atoms with E-state index in [1.807, 2.05) is 13.0 Å². The highest BCUT2D eigenvalue weighted by Crippen LogP contribution is 2.25. The zero-order valence-electron chi connectivity index (χ0n) is 8.82. The first-order valence-corrected chi connectivity index (χ1v) is 4.71. The smallest absolute Gasteiger partial charge is 0.292 e. The van der Waals surface area contributed by atoms with Gasteiger partial charge in [0.05, 0.1) is 11.5 Å². The van der Waals surface area contributed by atoms with Crippen molar-refractivity contribution >= 4 is 11.4 Å². The molecule has 5 heteroatoms. The Balaban J connectivity index is 2.94. The lowest BCUT2D eigenvalue weighted by Crippen LogP contribution is -1.99. The quantitative estimate of drug-likeness (QED) is 0.597. The normalized spacial score (nSPS) is 10.0. The molecule has 0 amide bonds. The van der Waals surface area contributed by atoms with E-state index in [0.717, 1.165) is 5.56 Å². The maximum absolute atomic E-state index is 10.7. The summed E-state index contributed by atoms with van der Waals surface area (Å²) in [5, 5.41) is 13.5. The van der Waals surface area contributed by atoms with Crippen LogP contribution in [0.3, 0.4) is 0 Å². The summed E-state index contributed by atoms with van der Waals surface area (Å²) in [6, 6.07) is 5.03. The van der Waals surface area contributed by atoms with Gasteiger partial charge < -0.3 is 10.1 Å². The summed E-state index contributed by atoms with van der Waals surface area (Å²) in [7, 11) is 1.66. The Morgan fingerprint density at radius 2 is 2.27 bits per heavy atom. The summed E-state index contributed by atoms with van der Waals surface area (Å²) in [6.45, 7) is 2.89. The second-order valence-electron chi connectivity index (χ2n) is 3.00. The largest absolute Gasteiger partial charge is 0.383 e. The molecule has 1 aromatic carbocycles. The van der Waals surface area contributed by atoms with E-state index in [2.05, 4.69) is 5.32 Å². The van der Waals surface area contributed by atoms with Crippen molar-refractivity contribution in [2.45, 2.75) is 13.5 Å². The number of rotatable bonds is 5. The molecule has 82 valence electrons. The maximum Gasteiger partial charge on any atom is 0.292 e. The van der Waals surface area contributed by atoms with Crippen LogP contribution in [0.25, 0.3) is 0 Å². The number of anilines is 1. The first-order valence-electron chi connectivity index (χ1n) is 4.71. The van der Waals surface area contributed by atoms with Crippen LogP contribution < -0.4 is 5.32 Å². The van der Waals surface area contributed by atoms with E-state index in [4.69, 9.17) is 4.74 Å². The van der Waals surface area contributed by atoms with E-state index in [-0.39, 0.29) is 5.69 Å². The van der Waals surface area contributed by atoms with Crippen LogP contribution in [0.2, 0.25) is 0 Å². The van der Waals surface area contributed by atoms with Gasteiger partial charge in [0.1, 0.15) is 5.69 Å². The third kappa shape index (κ3) is 2.92. The fourth-order valence-corrected chi connectivity index (χ4v) is 1.25. The van der Waals surface area contributed by atoms with Gasteiger partial charge in [-0.3, -0.25) is 10.1 Å². The van der Waals surface area contributed by atoms with Crippen molar-refractivity contribution in [2.75, 3.05) is 19.0 Å². The molecule has 0 spiro atoms. The number of hydrogen-bond donors (Lipinski definition) is 1. The van der Waals surface area contributed by atoms with Crippen molar-refractivity contribution in [1.82, 2.24) is 0 Å². The average molecular weight is 210 g/mol. The van der Waals surface area contributed by atoms with E-state index in [1.54, 1.807) is 13.1 Å². The molecule has 0 saturated heterocycles. The van der Waals surface area contributed by atoms with Gasteiger partial charge in [0.25, 0.3) is 5.69 Å². The molecule has 0 atom stereocenters. The van der Waals surface area contributed by atoms with Gasteiger partial charge in [-0.15, -0.1) is 0 Å². The molecule has 5 nitrogen and oxygen atoms in total. The predicted octanol–water partition coefficient (Wildman–Crippen LogP) is 2.17. The van der Waals surface area contributed by atoms with Crippen LogP contribution in [0.4, 0.5) is 11.4 Å². The molecular weight excluding hydrogens is 196 g/mol. The lowest BCUT2D eigenvalue weighted by Gasteiger charge is -2.05. The predicted molar refractivity (Wildman–Crippen MR) is 58.0 cm³/mol. The molecule has 0 saturated carbocycles. The molecule has 0 aliphatic heterocycles. The van der Waals surface area contributed by atoms with E-state index in [9.17, 15) is 10.1 Å². The lowest BCUT2D eigenvalue weighted by molar-refractivity contribution is -0.384. The number of nitrogens with zero attached hydrogens (tertiary/aromatic N) is 1. The summed E-state index contributed by atoms with van der Waals surface area (Å²) >= 11 is 0. The molecule has 1 aromatic rings. The maximum atomic E-state index is 10.7. The molecule has 1 rings (SSSR count). The van der Waals surface area contributed by atoms with Crippen LogP contribution in [0.1, 0.15) is 12.5 Å². The van der Waals surface area contributed by atoms with Gasteiger partial charge in [0, 0.05) is 19.7 Å². The summed E-state index contributed by atoms with van der Waals surface area (Å²) < 4.78 is 5.18. The highest BCUT2D eigenvalue weighted by atomic mass is 16.6. The highest BCUT2D eigenvalue weighted by molar-refractivity contribution is 5.62. The summed E-state index contributed by atoms with van der Waals surface area (Å²) in [4.78, 5) is 10.3. The van der Waals surface area contributed by atoms with Crippen molar-refractivity contribution < 1.29 is 9.66 Å². The molecule has 15 heavy (non-hydrogen) atoms. The van der Waals surface area contributed by atoms with Crippen LogP contribution in [0.15, 0.2) is 18.2 Å². The van der Waals surface area contributed by atoms with Crippen molar-refractivity contribution in [3.05, 3.63) is 33.9 Å². The van der Waals surface area contributed by atoms with Gasteiger partial charge in [-0.1, -0.05) is 6.07 Å². The number of benzene rings is 1.